The monoisotopic (exact) mass is 292 g/mol. The molecule has 1 aromatic heterocycles. The Labute approximate surface area is 126 Å². The fourth-order valence-electron chi connectivity index (χ4n) is 4.01. The summed E-state index contributed by atoms with van der Waals surface area (Å²) in [5.74, 6) is 1.34. The van der Waals surface area contributed by atoms with Crippen molar-refractivity contribution < 1.29 is 0 Å². The summed E-state index contributed by atoms with van der Waals surface area (Å²) in [5.41, 5.74) is 7.24. The van der Waals surface area contributed by atoms with Crippen LogP contribution in [0.15, 0.2) is 12.5 Å². The molecule has 20 heavy (non-hydrogen) atoms. The van der Waals surface area contributed by atoms with Crippen LogP contribution >= 0.6 is 12.2 Å². The summed E-state index contributed by atoms with van der Waals surface area (Å²) in [5, 5.41) is 0.587. The molecule has 2 aliphatic rings. The van der Waals surface area contributed by atoms with Gasteiger partial charge in [0.1, 0.15) is 0 Å². The number of rotatable bonds is 2. The van der Waals surface area contributed by atoms with E-state index in [9.17, 15) is 0 Å². The number of H-pyrrole nitrogens is 1. The number of hydrogen-bond donors (Lipinski definition) is 2. The lowest BCUT2D eigenvalue weighted by molar-refractivity contribution is 0.131. The number of nitrogens with zero attached hydrogens (tertiary/aromatic N) is 2. The predicted molar refractivity (Wildman–Crippen MR) is 84.4 cm³/mol. The van der Waals surface area contributed by atoms with E-state index in [0.717, 1.165) is 25.3 Å². The molecular weight excluding hydrogens is 268 g/mol. The first-order valence-corrected chi connectivity index (χ1v) is 8.21. The molecule has 3 rings (SSSR count). The molecular formula is C15H24N4S. The molecule has 3 N–H and O–H groups in total. The summed E-state index contributed by atoms with van der Waals surface area (Å²) in [6, 6.07) is 0.523. The Bertz CT molecular complexity index is 439. The van der Waals surface area contributed by atoms with Gasteiger partial charge in [-0.2, -0.15) is 0 Å². The Morgan fingerprint density at radius 2 is 2.10 bits per heavy atom. The van der Waals surface area contributed by atoms with Crippen LogP contribution in [0.4, 0.5) is 0 Å². The van der Waals surface area contributed by atoms with E-state index in [1.54, 1.807) is 6.33 Å². The Morgan fingerprint density at radius 3 is 2.75 bits per heavy atom. The van der Waals surface area contributed by atoms with Crippen molar-refractivity contribution in [1.82, 2.24) is 14.9 Å². The van der Waals surface area contributed by atoms with Gasteiger partial charge in [0, 0.05) is 30.4 Å². The number of nitrogens with two attached hydrogens (primary N) is 1. The molecule has 2 unspecified atom stereocenters. The lowest BCUT2D eigenvalue weighted by atomic mass is 9.76. The third kappa shape index (κ3) is 2.82. The first-order chi connectivity index (χ1) is 9.75. The van der Waals surface area contributed by atoms with E-state index in [1.807, 2.05) is 6.20 Å². The highest BCUT2D eigenvalue weighted by atomic mass is 32.1. The van der Waals surface area contributed by atoms with E-state index in [0.29, 0.717) is 17.1 Å². The average Bonchev–Trinajstić information content (AvgIpc) is 3.02. The van der Waals surface area contributed by atoms with Crippen molar-refractivity contribution in [3.63, 3.8) is 0 Å². The number of likely N-dealkylation sites (tertiary alicyclic amines) is 1. The molecule has 2 atom stereocenters. The summed E-state index contributed by atoms with van der Waals surface area (Å²) in [7, 11) is 0. The Hall–Kier alpha value is -1.10. The Kier molecular flexibility index (Phi) is 4.24. The normalized spacial score (nSPS) is 28.5. The summed E-state index contributed by atoms with van der Waals surface area (Å²) in [4.78, 5) is 9.74. The van der Waals surface area contributed by atoms with Gasteiger partial charge in [-0.3, -0.25) is 0 Å². The lowest BCUT2D eigenvalue weighted by Crippen LogP contribution is -2.51. The summed E-state index contributed by atoms with van der Waals surface area (Å²) < 4.78 is 0. The topological polar surface area (TPSA) is 57.9 Å². The maximum absolute atomic E-state index is 5.97. The fourth-order valence-corrected chi connectivity index (χ4v) is 4.24. The van der Waals surface area contributed by atoms with Crippen molar-refractivity contribution in [2.24, 2.45) is 11.7 Å². The fraction of sp³-hybridized carbons (Fsp3) is 0.733. The van der Waals surface area contributed by atoms with Crippen LogP contribution in [0.1, 0.15) is 56.6 Å². The molecule has 110 valence electrons. The quantitative estimate of drug-likeness (QED) is 0.823. The van der Waals surface area contributed by atoms with Gasteiger partial charge in [-0.1, -0.05) is 19.3 Å². The van der Waals surface area contributed by atoms with Crippen molar-refractivity contribution in [3.8, 4) is 0 Å². The molecule has 0 aromatic carbocycles. The third-order valence-electron chi connectivity index (χ3n) is 5.08. The van der Waals surface area contributed by atoms with Crippen molar-refractivity contribution in [3.05, 3.63) is 18.2 Å². The molecule has 1 aromatic rings. The van der Waals surface area contributed by atoms with E-state index in [2.05, 4.69) is 14.9 Å². The van der Waals surface area contributed by atoms with Crippen LogP contribution in [0.5, 0.6) is 0 Å². The highest BCUT2D eigenvalue weighted by Crippen LogP contribution is 2.38. The van der Waals surface area contributed by atoms with Crippen LogP contribution in [0.25, 0.3) is 0 Å². The SMILES string of the molecule is NC(=S)N1CCC(c2cnc[nH]2)CC1C1CCCCC1. The van der Waals surface area contributed by atoms with Gasteiger partial charge in [-0.05, 0) is 43.8 Å². The number of thiocarbonyl (C=S) groups is 1. The number of hydrogen-bond acceptors (Lipinski definition) is 2. The Balaban J connectivity index is 1.75. The minimum absolute atomic E-state index is 0.523. The van der Waals surface area contributed by atoms with E-state index in [4.69, 9.17) is 18.0 Å². The molecule has 5 heteroatoms. The molecule has 4 nitrogen and oxygen atoms in total. The van der Waals surface area contributed by atoms with E-state index < -0.39 is 0 Å². The third-order valence-corrected chi connectivity index (χ3v) is 5.32. The molecule has 0 amide bonds. The van der Waals surface area contributed by atoms with Gasteiger partial charge in [0.2, 0.25) is 0 Å². The zero-order valence-electron chi connectivity index (χ0n) is 11.9. The molecule has 1 aliphatic heterocycles. The van der Waals surface area contributed by atoms with Crippen LogP contribution in [-0.2, 0) is 0 Å². The van der Waals surface area contributed by atoms with Gasteiger partial charge in [0.05, 0.1) is 6.33 Å². The lowest BCUT2D eigenvalue weighted by Gasteiger charge is -2.44. The second-order valence-electron chi connectivity index (χ2n) is 6.23. The van der Waals surface area contributed by atoms with Crippen molar-refractivity contribution >= 4 is 17.3 Å². The molecule has 1 saturated carbocycles. The standard InChI is InChI=1S/C15H24N4S/c16-15(20)19-7-6-12(13-9-17-10-18-13)8-14(19)11-4-2-1-3-5-11/h9-12,14H,1-8H2,(H2,16,20)(H,17,18). The van der Waals surface area contributed by atoms with Crippen molar-refractivity contribution in [2.45, 2.75) is 56.9 Å². The van der Waals surface area contributed by atoms with E-state index in [1.165, 1.54) is 37.8 Å². The molecule has 0 radical (unpaired) electrons. The molecule has 1 aliphatic carbocycles. The summed E-state index contributed by atoms with van der Waals surface area (Å²) in [6.07, 6.45) is 12.8. The second kappa shape index (κ2) is 6.12. The summed E-state index contributed by atoms with van der Waals surface area (Å²) >= 11 is 5.28. The van der Waals surface area contributed by atoms with Gasteiger partial charge >= 0.3 is 0 Å². The second-order valence-corrected chi connectivity index (χ2v) is 6.64. The highest BCUT2D eigenvalue weighted by molar-refractivity contribution is 7.80. The van der Waals surface area contributed by atoms with Crippen molar-refractivity contribution in [2.75, 3.05) is 6.54 Å². The number of aromatic nitrogens is 2. The Morgan fingerprint density at radius 1 is 1.30 bits per heavy atom. The zero-order valence-corrected chi connectivity index (χ0v) is 12.7. The first-order valence-electron chi connectivity index (χ1n) is 7.80. The minimum atomic E-state index is 0.523. The molecule has 1 saturated heterocycles. The van der Waals surface area contributed by atoms with Gasteiger partial charge in [-0.15, -0.1) is 0 Å². The van der Waals surface area contributed by atoms with E-state index >= 15 is 0 Å². The van der Waals surface area contributed by atoms with Crippen LogP contribution in [0.2, 0.25) is 0 Å². The van der Waals surface area contributed by atoms with Gasteiger partial charge in [0.25, 0.3) is 0 Å². The van der Waals surface area contributed by atoms with Crippen LogP contribution < -0.4 is 5.73 Å². The molecule has 2 heterocycles. The predicted octanol–water partition coefficient (Wildman–Crippen LogP) is 2.78. The molecule has 2 fully saturated rings. The van der Waals surface area contributed by atoms with Crippen LogP contribution in [-0.4, -0.2) is 32.6 Å². The van der Waals surface area contributed by atoms with Crippen LogP contribution in [0.3, 0.4) is 0 Å². The first kappa shape index (κ1) is 13.9. The zero-order chi connectivity index (χ0) is 13.9. The molecule has 0 bridgehead atoms. The number of nitrogens with one attached hydrogen (secondary N) is 1. The largest absolute Gasteiger partial charge is 0.376 e. The van der Waals surface area contributed by atoms with Crippen molar-refractivity contribution in [1.29, 1.82) is 0 Å². The maximum Gasteiger partial charge on any atom is 0.166 e. The van der Waals surface area contributed by atoms with Gasteiger partial charge in [0.15, 0.2) is 5.11 Å². The minimum Gasteiger partial charge on any atom is -0.376 e. The number of aromatic amines is 1. The number of piperidine rings is 1. The van der Waals surface area contributed by atoms with Gasteiger partial charge < -0.3 is 15.6 Å². The molecule has 0 spiro atoms. The van der Waals surface area contributed by atoms with Crippen LogP contribution in [0, 0.1) is 5.92 Å². The maximum atomic E-state index is 5.97. The van der Waals surface area contributed by atoms with Gasteiger partial charge in [-0.25, -0.2) is 4.98 Å². The summed E-state index contributed by atoms with van der Waals surface area (Å²) in [6.45, 7) is 0.986. The highest BCUT2D eigenvalue weighted by Gasteiger charge is 2.35. The average molecular weight is 292 g/mol. The number of imidazole rings is 1. The van der Waals surface area contributed by atoms with E-state index in [-0.39, 0.29) is 0 Å². The smallest absolute Gasteiger partial charge is 0.166 e.